The third-order valence-electron chi connectivity index (χ3n) is 1.65. The third kappa shape index (κ3) is 2.09. The summed E-state index contributed by atoms with van der Waals surface area (Å²) in [6.07, 6.45) is 5.04. The predicted molar refractivity (Wildman–Crippen MR) is 62.3 cm³/mol. The van der Waals surface area contributed by atoms with Crippen LogP contribution in [0.15, 0.2) is 39.2 Å². The highest BCUT2D eigenvalue weighted by molar-refractivity contribution is 14.1. The quantitative estimate of drug-likeness (QED) is 0.630. The van der Waals surface area contributed by atoms with E-state index in [1.54, 1.807) is 30.5 Å². The molecule has 0 saturated carbocycles. The summed E-state index contributed by atoms with van der Waals surface area (Å²) in [6, 6.07) is 1.94. The van der Waals surface area contributed by atoms with Crippen LogP contribution in [0, 0.1) is 10.5 Å². The highest BCUT2D eigenvalue weighted by atomic mass is 127. The van der Waals surface area contributed by atoms with Gasteiger partial charge in [-0.05, 0) is 35.6 Å². The zero-order chi connectivity index (χ0) is 9.97. The molecule has 0 aliphatic rings. The van der Waals surface area contributed by atoms with E-state index in [9.17, 15) is 0 Å². The molecule has 2 aromatic rings. The van der Waals surface area contributed by atoms with Crippen LogP contribution in [0.5, 0.6) is 0 Å². The minimum atomic E-state index is 0.921. The van der Waals surface area contributed by atoms with Crippen molar-refractivity contribution in [2.75, 3.05) is 0 Å². The minimum Gasteiger partial charge on any atom is -0.468 e. The Bertz CT molecular complexity index is 444. The van der Waals surface area contributed by atoms with Gasteiger partial charge in [-0.1, -0.05) is 11.8 Å². The Labute approximate surface area is 99.5 Å². The Balaban J connectivity index is 2.28. The highest BCUT2D eigenvalue weighted by Crippen LogP contribution is 2.31. The Hall–Kier alpha value is -0.560. The monoisotopic (exact) mass is 318 g/mol. The molecule has 0 spiro atoms. The molecule has 0 fully saturated rings. The summed E-state index contributed by atoms with van der Waals surface area (Å²) in [6.45, 7) is 1.94. The molecular formula is C9H7IN2OS. The smallest absolute Gasteiger partial charge is 0.118 e. The number of furan rings is 1. The van der Waals surface area contributed by atoms with Gasteiger partial charge in [-0.3, -0.25) is 0 Å². The van der Waals surface area contributed by atoms with Crippen molar-refractivity contribution in [2.24, 2.45) is 0 Å². The SMILES string of the molecule is Cc1occc1Sc1ncncc1I. The maximum absolute atomic E-state index is 5.21. The van der Waals surface area contributed by atoms with Gasteiger partial charge in [0.1, 0.15) is 17.1 Å². The largest absolute Gasteiger partial charge is 0.468 e. The average molecular weight is 318 g/mol. The summed E-state index contributed by atoms with van der Waals surface area (Å²) in [4.78, 5) is 9.24. The zero-order valence-corrected chi connectivity index (χ0v) is 10.4. The first kappa shape index (κ1) is 9.97. The molecular weight excluding hydrogens is 311 g/mol. The Morgan fingerprint density at radius 2 is 2.36 bits per heavy atom. The molecule has 14 heavy (non-hydrogen) atoms. The topological polar surface area (TPSA) is 38.9 Å². The summed E-state index contributed by atoms with van der Waals surface area (Å²) >= 11 is 3.82. The second-order valence-corrected chi connectivity index (χ2v) is 4.81. The minimum absolute atomic E-state index is 0.921. The molecule has 0 aliphatic carbocycles. The van der Waals surface area contributed by atoms with Crippen molar-refractivity contribution in [3.63, 3.8) is 0 Å². The van der Waals surface area contributed by atoms with Gasteiger partial charge in [0.15, 0.2) is 0 Å². The number of halogens is 1. The van der Waals surface area contributed by atoms with Crippen LogP contribution in [0.2, 0.25) is 0 Å². The molecule has 3 nitrogen and oxygen atoms in total. The molecule has 0 amide bonds. The lowest BCUT2D eigenvalue weighted by Gasteiger charge is -1.99. The number of hydrogen-bond acceptors (Lipinski definition) is 4. The van der Waals surface area contributed by atoms with Crippen molar-refractivity contribution in [1.29, 1.82) is 0 Å². The van der Waals surface area contributed by atoms with Crippen LogP contribution in [-0.2, 0) is 0 Å². The van der Waals surface area contributed by atoms with Gasteiger partial charge in [0.25, 0.3) is 0 Å². The number of rotatable bonds is 2. The summed E-state index contributed by atoms with van der Waals surface area (Å²) in [5.74, 6) is 0.921. The van der Waals surface area contributed by atoms with E-state index in [1.807, 2.05) is 13.0 Å². The molecule has 0 aromatic carbocycles. The van der Waals surface area contributed by atoms with Crippen molar-refractivity contribution in [3.8, 4) is 0 Å². The second-order valence-electron chi connectivity index (χ2n) is 2.62. The molecule has 0 bridgehead atoms. The van der Waals surface area contributed by atoms with Gasteiger partial charge in [-0.15, -0.1) is 0 Å². The Kier molecular flexibility index (Phi) is 3.07. The second kappa shape index (κ2) is 4.31. The fraction of sp³-hybridized carbons (Fsp3) is 0.111. The zero-order valence-electron chi connectivity index (χ0n) is 7.40. The Morgan fingerprint density at radius 3 is 3.00 bits per heavy atom. The third-order valence-corrected chi connectivity index (χ3v) is 3.97. The van der Waals surface area contributed by atoms with Crippen molar-refractivity contribution < 1.29 is 4.42 Å². The molecule has 0 aliphatic heterocycles. The lowest BCUT2D eigenvalue weighted by atomic mass is 10.5. The van der Waals surface area contributed by atoms with E-state index in [1.165, 1.54) is 0 Å². The standard InChI is InChI=1S/C9H7IN2OS/c1-6-8(2-3-13-6)14-9-7(10)4-11-5-12-9/h2-5H,1H3. The Morgan fingerprint density at radius 1 is 1.50 bits per heavy atom. The van der Waals surface area contributed by atoms with Crippen molar-refractivity contribution >= 4 is 34.4 Å². The van der Waals surface area contributed by atoms with Gasteiger partial charge in [-0.25, -0.2) is 9.97 Å². The molecule has 0 unspecified atom stereocenters. The van der Waals surface area contributed by atoms with E-state index in [-0.39, 0.29) is 0 Å². The van der Waals surface area contributed by atoms with Crippen LogP contribution in [-0.4, -0.2) is 9.97 Å². The van der Waals surface area contributed by atoms with Crippen molar-refractivity contribution in [2.45, 2.75) is 16.8 Å². The molecule has 0 N–H and O–H groups in total. The van der Waals surface area contributed by atoms with E-state index >= 15 is 0 Å². The van der Waals surface area contributed by atoms with E-state index in [0.29, 0.717) is 0 Å². The van der Waals surface area contributed by atoms with Crippen LogP contribution < -0.4 is 0 Å². The maximum atomic E-state index is 5.21. The highest BCUT2D eigenvalue weighted by Gasteiger charge is 2.07. The number of hydrogen-bond donors (Lipinski definition) is 0. The van der Waals surface area contributed by atoms with Crippen molar-refractivity contribution in [3.05, 3.63) is 34.2 Å². The number of nitrogens with zero attached hydrogens (tertiary/aromatic N) is 2. The van der Waals surface area contributed by atoms with Gasteiger partial charge in [0, 0.05) is 6.20 Å². The van der Waals surface area contributed by atoms with Gasteiger partial charge >= 0.3 is 0 Å². The molecule has 2 aromatic heterocycles. The molecule has 5 heteroatoms. The molecule has 0 radical (unpaired) electrons. The lowest BCUT2D eigenvalue weighted by Crippen LogP contribution is -1.86. The van der Waals surface area contributed by atoms with Crippen LogP contribution in [0.3, 0.4) is 0 Å². The molecule has 2 rings (SSSR count). The number of aryl methyl sites for hydroxylation is 1. The summed E-state index contributed by atoms with van der Waals surface area (Å²) < 4.78 is 6.26. The van der Waals surface area contributed by atoms with Crippen LogP contribution >= 0.6 is 34.4 Å². The lowest BCUT2D eigenvalue weighted by molar-refractivity contribution is 0.527. The maximum Gasteiger partial charge on any atom is 0.118 e. The molecule has 72 valence electrons. The fourth-order valence-corrected chi connectivity index (χ4v) is 2.36. The van der Waals surface area contributed by atoms with Gasteiger partial charge in [0.2, 0.25) is 0 Å². The molecule has 2 heterocycles. The van der Waals surface area contributed by atoms with E-state index in [0.717, 1.165) is 19.3 Å². The fourth-order valence-electron chi connectivity index (χ4n) is 0.960. The summed E-state index contributed by atoms with van der Waals surface area (Å²) in [7, 11) is 0. The van der Waals surface area contributed by atoms with Crippen LogP contribution in [0.1, 0.15) is 5.76 Å². The first-order valence-corrected chi connectivity index (χ1v) is 5.84. The first-order chi connectivity index (χ1) is 6.77. The van der Waals surface area contributed by atoms with Crippen molar-refractivity contribution in [1.82, 2.24) is 9.97 Å². The number of aromatic nitrogens is 2. The van der Waals surface area contributed by atoms with Crippen LogP contribution in [0.25, 0.3) is 0 Å². The summed E-state index contributed by atoms with van der Waals surface area (Å²) in [5.41, 5.74) is 0. The van der Waals surface area contributed by atoms with Gasteiger partial charge in [-0.2, -0.15) is 0 Å². The van der Waals surface area contributed by atoms with E-state index in [2.05, 4.69) is 32.6 Å². The molecule has 0 atom stereocenters. The van der Waals surface area contributed by atoms with Crippen LogP contribution in [0.4, 0.5) is 0 Å². The summed E-state index contributed by atoms with van der Waals surface area (Å²) in [5, 5.41) is 0.963. The van der Waals surface area contributed by atoms with Gasteiger partial charge < -0.3 is 4.42 Å². The predicted octanol–water partition coefficient (Wildman–Crippen LogP) is 3.13. The average Bonchev–Trinajstić information content (AvgIpc) is 2.56. The molecule has 0 saturated heterocycles. The van der Waals surface area contributed by atoms with Gasteiger partial charge in [0.05, 0.1) is 14.7 Å². The first-order valence-electron chi connectivity index (χ1n) is 3.95. The van der Waals surface area contributed by atoms with E-state index < -0.39 is 0 Å². The van der Waals surface area contributed by atoms with E-state index in [4.69, 9.17) is 4.42 Å². The normalized spacial score (nSPS) is 10.4.